The van der Waals surface area contributed by atoms with Crippen LogP contribution < -0.4 is 20.7 Å². The number of piperidine rings is 1. The summed E-state index contributed by atoms with van der Waals surface area (Å²) in [6, 6.07) is 22.5. The molecule has 11 nitrogen and oxygen atoms in total. The van der Waals surface area contributed by atoms with E-state index in [0.29, 0.717) is 72.4 Å². The molecular weight excluding hydrogens is 615 g/mol. The maximum absolute atomic E-state index is 15.3. The fourth-order valence-electron chi connectivity index (χ4n) is 6.49. The number of anilines is 1. The first-order valence-electron chi connectivity index (χ1n) is 15.8. The van der Waals surface area contributed by atoms with Crippen LogP contribution in [0.25, 0.3) is 11.3 Å². The minimum Gasteiger partial charge on any atom is -0.457 e. The lowest BCUT2D eigenvalue weighted by molar-refractivity contribution is -0.136. The van der Waals surface area contributed by atoms with E-state index in [1.807, 2.05) is 54.6 Å². The van der Waals surface area contributed by atoms with Gasteiger partial charge in [0.1, 0.15) is 29.2 Å². The van der Waals surface area contributed by atoms with Gasteiger partial charge in [-0.05, 0) is 72.6 Å². The molecule has 12 heteroatoms. The van der Waals surface area contributed by atoms with Gasteiger partial charge in [-0.25, -0.2) is 9.37 Å². The number of primary amides is 1. The number of pyridine rings is 1. The van der Waals surface area contributed by atoms with Crippen LogP contribution in [-0.4, -0.2) is 70.6 Å². The summed E-state index contributed by atoms with van der Waals surface area (Å²) >= 11 is 0. The van der Waals surface area contributed by atoms with E-state index in [9.17, 15) is 19.2 Å². The van der Waals surface area contributed by atoms with Gasteiger partial charge in [-0.15, -0.1) is 0 Å². The van der Waals surface area contributed by atoms with Crippen molar-refractivity contribution in [3.05, 3.63) is 107 Å². The van der Waals surface area contributed by atoms with Crippen molar-refractivity contribution < 1.29 is 28.3 Å². The average Bonchev–Trinajstić information content (AvgIpc) is 3.40. The van der Waals surface area contributed by atoms with E-state index >= 15 is 4.39 Å². The normalized spacial score (nSPS) is 18.1. The van der Waals surface area contributed by atoms with Crippen LogP contribution in [0.1, 0.15) is 44.7 Å². The number of hydrogen-bond donors (Lipinski definition) is 2. The molecule has 1 unspecified atom stereocenters. The number of para-hydroxylation sites is 1. The molecule has 1 atom stereocenters. The van der Waals surface area contributed by atoms with Crippen LogP contribution in [0.5, 0.6) is 11.5 Å². The van der Waals surface area contributed by atoms with Gasteiger partial charge in [0.15, 0.2) is 0 Å². The van der Waals surface area contributed by atoms with Gasteiger partial charge in [-0.3, -0.25) is 29.4 Å². The summed E-state index contributed by atoms with van der Waals surface area (Å²) in [5.41, 5.74) is 8.64. The lowest BCUT2D eigenvalue weighted by Gasteiger charge is -2.35. The third kappa shape index (κ3) is 6.21. The van der Waals surface area contributed by atoms with Crippen molar-refractivity contribution in [2.45, 2.75) is 32.0 Å². The molecule has 7 rings (SSSR count). The van der Waals surface area contributed by atoms with Crippen LogP contribution in [-0.2, 0) is 22.7 Å². The molecule has 0 spiro atoms. The van der Waals surface area contributed by atoms with Crippen molar-refractivity contribution in [1.82, 2.24) is 20.1 Å². The molecule has 3 aliphatic rings. The SMILES string of the molecule is NC(=O)c1ccc(N2CCN(Cc3cc4c(cc3F)C(=O)N(C3CCC(=O)NC3=O)C4)CC2)nc1-c1ccc(Oc2ccccc2)cc1. The average molecular weight is 649 g/mol. The van der Waals surface area contributed by atoms with Crippen molar-refractivity contribution in [1.29, 1.82) is 0 Å². The summed E-state index contributed by atoms with van der Waals surface area (Å²) in [5, 5.41) is 2.29. The molecule has 4 aromatic rings. The summed E-state index contributed by atoms with van der Waals surface area (Å²) < 4.78 is 21.2. The van der Waals surface area contributed by atoms with E-state index in [-0.39, 0.29) is 30.9 Å². The van der Waals surface area contributed by atoms with Crippen LogP contribution in [0.2, 0.25) is 0 Å². The zero-order valence-electron chi connectivity index (χ0n) is 26.0. The molecule has 48 heavy (non-hydrogen) atoms. The second-order valence-corrected chi connectivity index (χ2v) is 12.1. The van der Waals surface area contributed by atoms with Crippen LogP contribution in [0.15, 0.2) is 78.9 Å². The number of nitrogens with zero attached hydrogens (tertiary/aromatic N) is 4. The highest BCUT2D eigenvalue weighted by molar-refractivity contribution is 6.05. The Balaban J connectivity index is 1.01. The van der Waals surface area contributed by atoms with Crippen molar-refractivity contribution in [2.75, 3.05) is 31.1 Å². The summed E-state index contributed by atoms with van der Waals surface area (Å²) in [7, 11) is 0. The van der Waals surface area contributed by atoms with E-state index < -0.39 is 29.6 Å². The number of amides is 4. The molecule has 3 N–H and O–H groups in total. The number of hydrogen-bond acceptors (Lipinski definition) is 8. The highest BCUT2D eigenvalue weighted by Gasteiger charge is 2.39. The second kappa shape index (κ2) is 12.9. The third-order valence-electron chi connectivity index (χ3n) is 9.03. The summed E-state index contributed by atoms with van der Waals surface area (Å²) in [5.74, 6) is -0.223. The Morgan fingerprint density at radius 3 is 2.38 bits per heavy atom. The lowest BCUT2D eigenvalue weighted by Crippen LogP contribution is -2.52. The van der Waals surface area contributed by atoms with Crippen LogP contribution in [0, 0.1) is 5.82 Å². The van der Waals surface area contributed by atoms with E-state index in [1.165, 1.54) is 11.0 Å². The number of halogens is 1. The summed E-state index contributed by atoms with van der Waals surface area (Å²) in [4.78, 5) is 59.8. The Morgan fingerprint density at radius 1 is 0.938 bits per heavy atom. The van der Waals surface area contributed by atoms with E-state index in [4.69, 9.17) is 15.5 Å². The number of aromatic nitrogens is 1. The molecule has 4 amide bonds. The molecule has 0 saturated carbocycles. The minimum absolute atomic E-state index is 0.159. The van der Waals surface area contributed by atoms with Crippen LogP contribution in [0.4, 0.5) is 10.2 Å². The fraction of sp³-hybridized carbons (Fsp3) is 0.250. The second-order valence-electron chi connectivity index (χ2n) is 12.1. The van der Waals surface area contributed by atoms with Gasteiger partial charge in [-0.1, -0.05) is 18.2 Å². The number of carbonyl (C=O) groups excluding carboxylic acids is 4. The first kappa shape index (κ1) is 31.0. The maximum Gasteiger partial charge on any atom is 0.255 e. The number of imide groups is 1. The Bertz CT molecular complexity index is 1910. The molecule has 3 aliphatic heterocycles. The van der Waals surface area contributed by atoms with Crippen molar-refractivity contribution in [3.63, 3.8) is 0 Å². The van der Waals surface area contributed by atoms with Crippen molar-refractivity contribution >= 4 is 29.4 Å². The predicted molar refractivity (Wildman–Crippen MR) is 175 cm³/mol. The van der Waals surface area contributed by atoms with Gasteiger partial charge in [0.2, 0.25) is 11.8 Å². The van der Waals surface area contributed by atoms with Gasteiger partial charge in [0, 0.05) is 62.4 Å². The molecule has 0 bridgehead atoms. The Kier molecular flexibility index (Phi) is 8.32. The maximum atomic E-state index is 15.3. The topological polar surface area (TPSA) is 138 Å². The summed E-state index contributed by atoms with van der Waals surface area (Å²) in [6.07, 6.45) is 0.410. The standard InChI is InChI=1S/C36H33FN6O5/c37-29-19-28-23(21-43(36(28)47)30-11-13-32(44)40-35(30)46)18-24(29)20-41-14-16-42(17-15-41)31-12-10-27(34(38)45)33(39-31)22-6-8-26(9-7-22)48-25-4-2-1-3-5-25/h1-10,12,18-19,30H,11,13-17,20-21H2,(H2,38,45)(H,40,44,46). The number of nitrogens with one attached hydrogen (secondary N) is 1. The lowest BCUT2D eigenvalue weighted by atomic mass is 10.0. The Hall–Kier alpha value is -5.62. The number of carbonyl (C=O) groups is 4. The number of benzene rings is 3. The first-order chi connectivity index (χ1) is 23.2. The quantitative estimate of drug-likeness (QED) is 0.275. The van der Waals surface area contributed by atoms with Gasteiger partial charge < -0.3 is 20.3 Å². The predicted octanol–water partition coefficient (Wildman–Crippen LogP) is 3.86. The van der Waals surface area contributed by atoms with Gasteiger partial charge >= 0.3 is 0 Å². The largest absolute Gasteiger partial charge is 0.457 e. The molecule has 3 aromatic carbocycles. The monoisotopic (exact) mass is 648 g/mol. The highest BCUT2D eigenvalue weighted by atomic mass is 19.1. The smallest absolute Gasteiger partial charge is 0.255 e. The zero-order chi connectivity index (χ0) is 33.4. The number of piperazine rings is 1. The van der Waals surface area contributed by atoms with Crippen molar-refractivity contribution in [2.24, 2.45) is 5.73 Å². The first-order valence-corrected chi connectivity index (χ1v) is 15.8. The van der Waals surface area contributed by atoms with Gasteiger partial charge in [0.05, 0.1) is 11.3 Å². The van der Waals surface area contributed by atoms with E-state index in [0.717, 1.165) is 5.56 Å². The van der Waals surface area contributed by atoms with E-state index in [1.54, 1.807) is 18.2 Å². The number of ether oxygens (including phenoxy) is 1. The van der Waals surface area contributed by atoms with Gasteiger partial charge in [0.25, 0.3) is 11.8 Å². The molecule has 0 aliphatic carbocycles. The highest BCUT2D eigenvalue weighted by Crippen LogP contribution is 2.31. The van der Waals surface area contributed by atoms with Gasteiger partial charge in [-0.2, -0.15) is 0 Å². The third-order valence-corrected chi connectivity index (χ3v) is 9.03. The minimum atomic E-state index is -0.749. The Morgan fingerprint density at radius 2 is 1.67 bits per heavy atom. The molecular formula is C36H33FN6O5. The van der Waals surface area contributed by atoms with Crippen LogP contribution >= 0.6 is 0 Å². The molecule has 2 saturated heterocycles. The number of rotatable bonds is 8. The molecule has 4 heterocycles. The molecule has 244 valence electrons. The van der Waals surface area contributed by atoms with E-state index in [2.05, 4.69) is 15.1 Å². The number of nitrogens with two attached hydrogens (primary N) is 1. The summed E-state index contributed by atoms with van der Waals surface area (Å²) in [6.45, 7) is 3.08. The molecule has 0 radical (unpaired) electrons. The number of fused-ring (bicyclic) bond motifs is 1. The van der Waals surface area contributed by atoms with Crippen LogP contribution in [0.3, 0.4) is 0 Å². The zero-order valence-corrected chi connectivity index (χ0v) is 26.0. The Labute approximate surface area is 276 Å². The van der Waals surface area contributed by atoms with Crippen molar-refractivity contribution in [3.8, 4) is 22.8 Å². The fourth-order valence-corrected chi connectivity index (χ4v) is 6.49. The molecule has 1 aromatic heterocycles. The molecule has 2 fully saturated rings.